The van der Waals surface area contributed by atoms with E-state index < -0.39 is 10.0 Å². The molecule has 1 aliphatic rings. The third-order valence-corrected chi connectivity index (χ3v) is 9.62. The van der Waals surface area contributed by atoms with Crippen LogP contribution in [0.3, 0.4) is 0 Å². The first kappa shape index (κ1) is 32.2. The molecular formula is C36H41N3O5S. The molecule has 9 heteroatoms. The van der Waals surface area contributed by atoms with Gasteiger partial charge in [-0.1, -0.05) is 79.7 Å². The predicted molar refractivity (Wildman–Crippen MR) is 177 cm³/mol. The van der Waals surface area contributed by atoms with E-state index in [1.165, 1.54) is 28.8 Å². The van der Waals surface area contributed by atoms with Crippen molar-refractivity contribution in [2.45, 2.75) is 43.9 Å². The number of amides is 1. The Morgan fingerprint density at radius 2 is 1.60 bits per heavy atom. The lowest BCUT2D eigenvalue weighted by Gasteiger charge is -2.34. The number of nitrogens with zero attached hydrogens (tertiary/aromatic N) is 2. The van der Waals surface area contributed by atoms with Gasteiger partial charge in [-0.05, 0) is 61.0 Å². The molecule has 2 N–H and O–H groups in total. The summed E-state index contributed by atoms with van der Waals surface area (Å²) in [6.07, 6.45) is -0.257. The molecule has 236 valence electrons. The van der Waals surface area contributed by atoms with Crippen LogP contribution in [0.1, 0.15) is 25.0 Å². The molecule has 0 bridgehead atoms. The van der Waals surface area contributed by atoms with E-state index in [0.29, 0.717) is 36.6 Å². The number of sulfonamides is 1. The number of hydrogen-bond donors (Lipinski definition) is 2. The van der Waals surface area contributed by atoms with Crippen LogP contribution in [0.25, 0.3) is 11.1 Å². The average Bonchev–Trinajstić information content (AvgIpc) is 3.09. The molecule has 0 spiro atoms. The van der Waals surface area contributed by atoms with Crippen LogP contribution in [0.15, 0.2) is 108 Å². The average molecular weight is 628 g/mol. The van der Waals surface area contributed by atoms with Gasteiger partial charge in [-0.2, -0.15) is 0 Å². The number of rotatable bonds is 10. The fraction of sp³-hybridized carbons (Fsp3) is 0.306. The number of anilines is 1. The summed E-state index contributed by atoms with van der Waals surface area (Å²) >= 11 is 0. The molecule has 1 amide bonds. The molecule has 45 heavy (non-hydrogen) atoms. The molecule has 0 fully saturated rings. The summed E-state index contributed by atoms with van der Waals surface area (Å²) in [5.74, 6) is 0.346. The van der Waals surface area contributed by atoms with Crippen molar-refractivity contribution in [2.24, 2.45) is 5.92 Å². The minimum Gasteiger partial charge on any atom is -0.488 e. The summed E-state index contributed by atoms with van der Waals surface area (Å²) < 4.78 is 35.3. The van der Waals surface area contributed by atoms with E-state index >= 15 is 0 Å². The number of carbonyl (C=O) groups excluding carboxylic acids is 1. The zero-order chi connectivity index (χ0) is 32.0. The summed E-state index contributed by atoms with van der Waals surface area (Å²) in [5.41, 5.74) is 4.45. The van der Waals surface area contributed by atoms with Gasteiger partial charge >= 0.3 is 0 Å². The van der Waals surface area contributed by atoms with Crippen LogP contribution in [-0.4, -0.2) is 68.1 Å². The van der Waals surface area contributed by atoms with Gasteiger partial charge in [0, 0.05) is 36.8 Å². The molecule has 0 radical (unpaired) electrons. The Bertz CT molecular complexity index is 1680. The molecule has 0 saturated carbocycles. The molecule has 0 aliphatic carbocycles. The van der Waals surface area contributed by atoms with Crippen molar-refractivity contribution in [1.82, 2.24) is 9.80 Å². The van der Waals surface area contributed by atoms with Crippen molar-refractivity contribution < 1.29 is 23.1 Å². The van der Waals surface area contributed by atoms with Gasteiger partial charge in [-0.15, -0.1) is 0 Å². The smallest absolute Gasteiger partial charge is 0.261 e. The van der Waals surface area contributed by atoms with Crippen LogP contribution in [0.2, 0.25) is 0 Å². The summed E-state index contributed by atoms with van der Waals surface area (Å²) in [7, 11) is -1.76. The topological polar surface area (TPSA) is 99.2 Å². The molecule has 4 aromatic carbocycles. The van der Waals surface area contributed by atoms with E-state index in [9.17, 15) is 18.3 Å². The lowest BCUT2D eigenvalue weighted by atomic mass is 10.0. The van der Waals surface area contributed by atoms with Gasteiger partial charge in [-0.25, -0.2) is 8.42 Å². The highest BCUT2D eigenvalue weighted by atomic mass is 32.2. The monoisotopic (exact) mass is 627 g/mol. The standard InChI is InChI=1S/C36H41N3O5S/c1-26-22-39(27(2)25-40)36(41)21-31-20-32(37-45(42,43)33-12-8-5-9-13-33)18-19-34(31)44-35(26)24-38(3)23-28-14-16-30(17-15-28)29-10-6-4-7-11-29/h4-20,26-27,35,37,40H,21-25H2,1-3H3/t26-,27+,35+/m0/s1. The van der Waals surface area contributed by atoms with Crippen molar-refractivity contribution in [3.8, 4) is 16.9 Å². The molecule has 5 rings (SSSR count). The second-order valence-corrected chi connectivity index (χ2v) is 13.6. The summed E-state index contributed by atoms with van der Waals surface area (Å²) in [4.78, 5) is 17.6. The fourth-order valence-electron chi connectivity index (χ4n) is 5.64. The number of nitrogens with one attached hydrogen (secondary N) is 1. The maximum Gasteiger partial charge on any atom is 0.261 e. The summed E-state index contributed by atoms with van der Waals surface area (Å²) in [6, 6.07) is 31.7. The number of carbonyl (C=O) groups is 1. The number of likely N-dealkylation sites (N-methyl/N-ethyl adjacent to an activating group) is 1. The zero-order valence-corrected chi connectivity index (χ0v) is 26.8. The van der Waals surface area contributed by atoms with Gasteiger partial charge in [0.1, 0.15) is 11.9 Å². The van der Waals surface area contributed by atoms with Gasteiger partial charge in [0.05, 0.1) is 24.0 Å². The molecule has 1 heterocycles. The predicted octanol–water partition coefficient (Wildman–Crippen LogP) is 5.44. The Balaban J connectivity index is 1.37. The molecule has 0 saturated heterocycles. The SMILES string of the molecule is C[C@H](CO)N1C[C@H](C)[C@@H](CN(C)Cc2ccc(-c3ccccc3)cc2)Oc2ccc(NS(=O)(=O)c3ccccc3)cc2CC1=O. The molecule has 8 nitrogen and oxygen atoms in total. The van der Waals surface area contributed by atoms with E-state index in [-0.39, 0.29) is 41.9 Å². The van der Waals surface area contributed by atoms with Crippen LogP contribution in [-0.2, 0) is 27.8 Å². The Kier molecular flexibility index (Phi) is 10.2. The lowest BCUT2D eigenvalue weighted by molar-refractivity contribution is -0.134. The van der Waals surface area contributed by atoms with Crippen molar-refractivity contribution in [3.63, 3.8) is 0 Å². The zero-order valence-electron chi connectivity index (χ0n) is 26.0. The molecule has 0 aromatic heterocycles. The van der Waals surface area contributed by atoms with Crippen LogP contribution in [0.4, 0.5) is 5.69 Å². The van der Waals surface area contributed by atoms with Crippen LogP contribution >= 0.6 is 0 Å². The number of benzene rings is 4. The third kappa shape index (κ3) is 8.11. The van der Waals surface area contributed by atoms with E-state index in [1.54, 1.807) is 41.3 Å². The van der Waals surface area contributed by atoms with E-state index in [0.717, 1.165) is 0 Å². The van der Waals surface area contributed by atoms with Gasteiger partial charge < -0.3 is 14.7 Å². The number of hydrogen-bond acceptors (Lipinski definition) is 6. The minimum absolute atomic E-state index is 0.0175. The number of aliphatic hydroxyl groups excluding tert-OH is 1. The first-order chi connectivity index (χ1) is 21.6. The van der Waals surface area contributed by atoms with Gasteiger partial charge in [0.15, 0.2) is 0 Å². The second-order valence-electron chi connectivity index (χ2n) is 11.9. The molecule has 4 aromatic rings. The van der Waals surface area contributed by atoms with Crippen molar-refractivity contribution >= 4 is 21.6 Å². The fourth-order valence-corrected chi connectivity index (χ4v) is 6.71. The van der Waals surface area contributed by atoms with Crippen LogP contribution in [0, 0.1) is 5.92 Å². The molecular weight excluding hydrogens is 586 g/mol. The minimum atomic E-state index is -3.81. The van der Waals surface area contributed by atoms with Gasteiger partial charge in [0.2, 0.25) is 5.91 Å². The Morgan fingerprint density at radius 3 is 2.27 bits per heavy atom. The van der Waals surface area contributed by atoms with Crippen LogP contribution in [0.5, 0.6) is 5.75 Å². The normalized spacial score (nSPS) is 17.9. The van der Waals surface area contributed by atoms with Gasteiger partial charge in [-0.3, -0.25) is 14.4 Å². The molecule has 3 atom stereocenters. The van der Waals surface area contributed by atoms with Crippen molar-refractivity contribution in [2.75, 3.05) is 31.5 Å². The van der Waals surface area contributed by atoms with E-state index in [2.05, 4.69) is 60.0 Å². The van der Waals surface area contributed by atoms with E-state index in [4.69, 9.17) is 4.74 Å². The highest BCUT2D eigenvalue weighted by Gasteiger charge is 2.31. The Labute approximate surface area is 266 Å². The van der Waals surface area contributed by atoms with Crippen molar-refractivity contribution in [3.05, 3.63) is 114 Å². The molecule has 0 unspecified atom stereocenters. The number of ether oxygens (including phenoxy) is 1. The highest BCUT2D eigenvalue weighted by Crippen LogP contribution is 2.30. The summed E-state index contributed by atoms with van der Waals surface area (Å²) in [6.45, 7) is 5.46. The first-order valence-corrected chi connectivity index (χ1v) is 16.7. The van der Waals surface area contributed by atoms with Crippen LogP contribution < -0.4 is 9.46 Å². The summed E-state index contributed by atoms with van der Waals surface area (Å²) in [5, 5.41) is 9.96. The maximum atomic E-state index is 13.6. The maximum absolute atomic E-state index is 13.6. The Hall–Kier alpha value is -4.18. The second kappa shape index (κ2) is 14.3. The van der Waals surface area contributed by atoms with Crippen molar-refractivity contribution in [1.29, 1.82) is 0 Å². The largest absolute Gasteiger partial charge is 0.488 e. The quantitative estimate of drug-likeness (QED) is 0.243. The molecule has 1 aliphatic heterocycles. The third-order valence-electron chi connectivity index (χ3n) is 8.23. The highest BCUT2D eigenvalue weighted by molar-refractivity contribution is 7.92. The van der Waals surface area contributed by atoms with E-state index in [1.807, 2.05) is 25.1 Å². The number of fused-ring (bicyclic) bond motifs is 1. The first-order valence-electron chi connectivity index (χ1n) is 15.2. The Morgan fingerprint density at radius 1 is 0.956 bits per heavy atom. The van der Waals surface area contributed by atoms with Gasteiger partial charge in [0.25, 0.3) is 10.0 Å². The lowest BCUT2D eigenvalue weighted by Crippen LogP contribution is -2.47. The number of aliphatic hydroxyl groups is 1.